The van der Waals surface area contributed by atoms with Gasteiger partial charge < -0.3 is 5.11 Å². The van der Waals surface area contributed by atoms with Crippen LogP contribution in [0, 0.1) is 6.92 Å². The zero-order valence-electron chi connectivity index (χ0n) is 11.7. The number of carboxylic acids is 1. The fourth-order valence-corrected chi connectivity index (χ4v) is 3.86. The number of aromatic nitrogens is 1. The highest BCUT2D eigenvalue weighted by atomic mass is 32.2. The van der Waals surface area contributed by atoms with Gasteiger partial charge in [-0.3, -0.25) is 0 Å². The maximum absolute atomic E-state index is 12.8. The van der Waals surface area contributed by atoms with Gasteiger partial charge in [0.15, 0.2) is 0 Å². The van der Waals surface area contributed by atoms with E-state index in [0.29, 0.717) is 10.9 Å². The highest BCUT2D eigenvalue weighted by molar-refractivity contribution is 7.90. The minimum absolute atomic E-state index is 0.0574. The third-order valence-corrected chi connectivity index (χ3v) is 5.19. The molecule has 1 aromatic heterocycles. The van der Waals surface area contributed by atoms with E-state index < -0.39 is 16.0 Å². The van der Waals surface area contributed by atoms with Gasteiger partial charge in [-0.15, -0.1) is 0 Å². The van der Waals surface area contributed by atoms with Crippen molar-refractivity contribution in [1.82, 2.24) is 3.97 Å². The lowest BCUT2D eigenvalue weighted by molar-refractivity contribution is 0.0689. The molecule has 112 valence electrons. The van der Waals surface area contributed by atoms with Crippen molar-refractivity contribution in [3.05, 3.63) is 65.9 Å². The van der Waals surface area contributed by atoms with Crippen LogP contribution < -0.4 is 0 Å². The molecule has 0 saturated carbocycles. The SMILES string of the molecule is Cc1ccc(S(=O)(=O)n2c(C(=O)O)cc3ccccc32)cc1. The van der Waals surface area contributed by atoms with E-state index in [1.165, 1.54) is 18.2 Å². The third kappa shape index (κ3) is 2.17. The van der Waals surface area contributed by atoms with E-state index in [0.717, 1.165) is 9.54 Å². The molecule has 0 bridgehead atoms. The fourth-order valence-electron chi connectivity index (χ4n) is 2.35. The molecule has 22 heavy (non-hydrogen) atoms. The summed E-state index contributed by atoms with van der Waals surface area (Å²) in [6, 6.07) is 14.4. The predicted octanol–water partition coefficient (Wildman–Crippen LogP) is 2.88. The number of carbonyl (C=O) groups is 1. The number of aryl methyl sites for hydroxylation is 1. The molecular weight excluding hydrogens is 302 g/mol. The number of benzene rings is 2. The van der Waals surface area contributed by atoms with Crippen LogP contribution in [-0.4, -0.2) is 23.5 Å². The molecule has 2 aromatic carbocycles. The number of rotatable bonds is 3. The Hall–Kier alpha value is -2.60. The molecule has 0 atom stereocenters. The lowest BCUT2D eigenvalue weighted by Gasteiger charge is -2.10. The van der Waals surface area contributed by atoms with E-state index in [2.05, 4.69) is 0 Å². The van der Waals surface area contributed by atoms with Gasteiger partial charge >= 0.3 is 5.97 Å². The van der Waals surface area contributed by atoms with Crippen LogP contribution in [0.2, 0.25) is 0 Å². The van der Waals surface area contributed by atoms with Crippen molar-refractivity contribution >= 4 is 26.9 Å². The first-order chi connectivity index (χ1) is 10.4. The molecule has 3 aromatic rings. The molecule has 3 rings (SSSR count). The van der Waals surface area contributed by atoms with Crippen LogP contribution in [0.15, 0.2) is 59.5 Å². The van der Waals surface area contributed by atoms with Crippen LogP contribution in [0.25, 0.3) is 10.9 Å². The minimum Gasteiger partial charge on any atom is -0.477 e. The van der Waals surface area contributed by atoms with Gasteiger partial charge in [-0.1, -0.05) is 35.9 Å². The zero-order chi connectivity index (χ0) is 15.9. The topological polar surface area (TPSA) is 76.4 Å². The van der Waals surface area contributed by atoms with Gasteiger partial charge in [0.05, 0.1) is 10.4 Å². The van der Waals surface area contributed by atoms with E-state index in [1.807, 2.05) is 6.92 Å². The number of hydrogen-bond acceptors (Lipinski definition) is 3. The molecule has 1 N–H and O–H groups in total. The fraction of sp³-hybridized carbons (Fsp3) is 0.0625. The summed E-state index contributed by atoms with van der Waals surface area (Å²) in [4.78, 5) is 11.5. The van der Waals surface area contributed by atoms with Crippen molar-refractivity contribution in [3.63, 3.8) is 0 Å². The lowest BCUT2D eigenvalue weighted by atomic mass is 10.2. The van der Waals surface area contributed by atoms with Gasteiger partial charge in [0.2, 0.25) is 0 Å². The Morgan fingerprint density at radius 1 is 1.05 bits per heavy atom. The molecule has 0 spiro atoms. The normalized spacial score (nSPS) is 11.7. The van der Waals surface area contributed by atoms with E-state index in [4.69, 9.17) is 0 Å². The van der Waals surface area contributed by atoms with Crippen LogP contribution in [0.5, 0.6) is 0 Å². The smallest absolute Gasteiger partial charge is 0.353 e. The summed E-state index contributed by atoms with van der Waals surface area (Å²) in [5.41, 5.74) is 0.997. The summed E-state index contributed by atoms with van der Waals surface area (Å²) in [5.74, 6) is -1.29. The zero-order valence-corrected chi connectivity index (χ0v) is 12.5. The lowest BCUT2D eigenvalue weighted by Crippen LogP contribution is -2.18. The first kappa shape index (κ1) is 14.3. The van der Waals surface area contributed by atoms with Crippen LogP contribution in [0.3, 0.4) is 0 Å². The summed E-state index contributed by atoms with van der Waals surface area (Å²) in [7, 11) is -3.98. The maximum atomic E-state index is 12.8. The molecule has 0 aliphatic heterocycles. The standard InChI is InChI=1S/C16H13NO4S/c1-11-6-8-13(9-7-11)22(20,21)17-14-5-3-2-4-12(14)10-15(17)16(18)19/h2-10H,1H3,(H,18,19). The van der Waals surface area contributed by atoms with Gasteiger partial charge in [-0.2, -0.15) is 0 Å². The monoisotopic (exact) mass is 315 g/mol. The average Bonchev–Trinajstić information content (AvgIpc) is 2.88. The van der Waals surface area contributed by atoms with Gasteiger partial charge in [-0.05, 0) is 31.2 Å². The Kier molecular flexibility index (Phi) is 3.26. The summed E-state index contributed by atoms with van der Waals surface area (Å²) < 4.78 is 26.6. The number of fused-ring (bicyclic) bond motifs is 1. The van der Waals surface area contributed by atoms with Crippen molar-refractivity contribution in [1.29, 1.82) is 0 Å². The molecule has 0 amide bonds. The minimum atomic E-state index is -3.98. The first-order valence-corrected chi connectivity index (χ1v) is 8.01. The number of aromatic carboxylic acids is 1. The van der Waals surface area contributed by atoms with Crippen molar-refractivity contribution in [3.8, 4) is 0 Å². The summed E-state index contributed by atoms with van der Waals surface area (Å²) in [6.07, 6.45) is 0. The molecular formula is C16H13NO4S. The molecule has 5 nitrogen and oxygen atoms in total. The molecule has 6 heteroatoms. The Balaban J connectivity index is 2.35. The average molecular weight is 315 g/mol. The summed E-state index contributed by atoms with van der Waals surface area (Å²) in [5, 5.41) is 9.90. The molecule has 0 unspecified atom stereocenters. The number of nitrogens with zero attached hydrogens (tertiary/aromatic N) is 1. The second kappa shape index (κ2) is 4.99. The second-order valence-corrected chi connectivity index (χ2v) is 6.76. The van der Waals surface area contributed by atoms with Crippen molar-refractivity contribution in [2.75, 3.05) is 0 Å². The molecule has 1 heterocycles. The molecule has 0 aliphatic carbocycles. The van der Waals surface area contributed by atoms with Gasteiger partial charge in [0.25, 0.3) is 10.0 Å². The van der Waals surface area contributed by atoms with Crippen molar-refractivity contribution < 1.29 is 18.3 Å². The van der Waals surface area contributed by atoms with Crippen LogP contribution in [-0.2, 0) is 10.0 Å². The van der Waals surface area contributed by atoms with Gasteiger partial charge in [-0.25, -0.2) is 17.2 Å². The quantitative estimate of drug-likeness (QED) is 0.806. The van der Waals surface area contributed by atoms with E-state index in [-0.39, 0.29) is 10.6 Å². The van der Waals surface area contributed by atoms with Gasteiger partial charge in [0.1, 0.15) is 5.69 Å². The largest absolute Gasteiger partial charge is 0.477 e. The Bertz CT molecular complexity index is 969. The molecule has 0 radical (unpaired) electrons. The maximum Gasteiger partial charge on any atom is 0.353 e. The highest BCUT2D eigenvalue weighted by Gasteiger charge is 2.25. The molecule has 0 fully saturated rings. The second-order valence-electron chi connectivity index (χ2n) is 4.98. The molecule has 0 saturated heterocycles. The molecule has 0 aliphatic rings. The van der Waals surface area contributed by atoms with Gasteiger partial charge in [0, 0.05) is 5.39 Å². The number of para-hydroxylation sites is 1. The van der Waals surface area contributed by atoms with Crippen molar-refractivity contribution in [2.45, 2.75) is 11.8 Å². The summed E-state index contributed by atoms with van der Waals surface area (Å²) >= 11 is 0. The Morgan fingerprint density at radius 2 is 1.68 bits per heavy atom. The van der Waals surface area contributed by atoms with E-state index >= 15 is 0 Å². The third-order valence-electron chi connectivity index (χ3n) is 3.44. The number of hydrogen-bond donors (Lipinski definition) is 1. The van der Waals surface area contributed by atoms with E-state index in [1.54, 1.807) is 36.4 Å². The summed E-state index contributed by atoms with van der Waals surface area (Å²) in [6.45, 7) is 1.85. The predicted molar refractivity (Wildman–Crippen MR) is 82.7 cm³/mol. The van der Waals surface area contributed by atoms with E-state index in [9.17, 15) is 18.3 Å². The van der Waals surface area contributed by atoms with Crippen LogP contribution in [0.4, 0.5) is 0 Å². The highest BCUT2D eigenvalue weighted by Crippen LogP contribution is 2.25. The van der Waals surface area contributed by atoms with Crippen molar-refractivity contribution in [2.24, 2.45) is 0 Å². The first-order valence-electron chi connectivity index (χ1n) is 6.57. The van der Waals surface area contributed by atoms with Crippen LogP contribution in [0.1, 0.15) is 16.1 Å². The van der Waals surface area contributed by atoms with Crippen LogP contribution >= 0.6 is 0 Å². The number of carboxylic acid groups (broad SMARTS) is 1. The Labute approximate surface area is 127 Å². The Morgan fingerprint density at radius 3 is 2.32 bits per heavy atom.